The Morgan fingerprint density at radius 3 is 2.41 bits per heavy atom. The molecule has 2 saturated heterocycles. The minimum absolute atomic E-state index is 0.0947. The van der Waals surface area contributed by atoms with Gasteiger partial charge in [0, 0.05) is 19.5 Å². The van der Waals surface area contributed by atoms with E-state index in [1.165, 1.54) is 17.7 Å². The maximum absolute atomic E-state index is 13.7. The van der Waals surface area contributed by atoms with Crippen molar-refractivity contribution in [3.63, 3.8) is 0 Å². The van der Waals surface area contributed by atoms with E-state index in [1.807, 2.05) is 23.1 Å². The number of ether oxygens (including phenoxy) is 1. The summed E-state index contributed by atoms with van der Waals surface area (Å²) in [5.74, 6) is -0.194. The van der Waals surface area contributed by atoms with Gasteiger partial charge in [0.1, 0.15) is 5.82 Å². The summed E-state index contributed by atoms with van der Waals surface area (Å²) >= 11 is 0. The van der Waals surface area contributed by atoms with Gasteiger partial charge in [0.2, 0.25) is 5.91 Å². The molecule has 2 aromatic carbocycles. The molecule has 2 amide bonds. The van der Waals surface area contributed by atoms with Crippen LogP contribution >= 0.6 is 0 Å². The summed E-state index contributed by atoms with van der Waals surface area (Å²) in [6, 6.07) is 16.5. The molecule has 0 aromatic heterocycles. The van der Waals surface area contributed by atoms with Crippen LogP contribution in [0.3, 0.4) is 0 Å². The van der Waals surface area contributed by atoms with E-state index in [2.05, 4.69) is 12.1 Å². The molecule has 0 radical (unpaired) electrons. The minimum Gasteiger partial charge on any atom is -0.439 e. The summed E-state index contributed by atoms with van der Waals surface area (Å²) in [5, 5.41) is 0. The second-order valence-corrected chi connectivity index (χ2v) is 9.48. The van der Waals surface area contributed by atoms with Gasteiger partial charge >= 0.3 is 6.09 Å². The molecule has 6 heteroatoms. The lowest BCUT2D eigenvalue weighted by atomic mass is 9.77. The molecule has 3 fully saturated rings. The van der Waals surface area contributed by atoms with Crippen LogP contribution in [0.25, 0.3) is 0 Å². The zero-order valence-corrected chi connectivity index (χ0v) is 18.3. The molecule has 32 heavy (non-hydrogen) atoms. The molecule has 1 spiro atoms. The molecule has 168 valence electrons. The number of benzene rings is 2. The van der Waals surface area contributed by atoms with E-state index in [0.717, 1.165) is 37.7 Å². The molecule has 2 aliphatic heterocycles. The number of halogens is 1. The first-order chi connectivity index (χ1) is 15.5. The van der Waals surface area contributed by atoms with Crippen LogP contribution in [0.15, 0.2) is 54.6 Å². The fraction of sp³-hybridized carbons (Fsp3) is 0.462. The van der Waals surface area contributed by atoms with Crippen LogP contribution in [0.2, 0.25) is 0 Å². The van der Waals surface area contributed by atoms with E-state index in [9.17, 15) is 14.0 Å². The van der Waals surface area contributed by atoms with Crippen molar-refractivity contribution in [2.75, 3.05) is 26.2 Å². The molecule has 1 saturated carbocycles. The highest BCUT2D eigenvalue weighted by molar-refractivity contribution is 5.89. The predicted molar refractivity (Wildman–Crippen MR) is 119 cm³/mol. The lowest BCUT2D eigenvalue weighted by molar-refractivity contribution is -0.137. The summed E-state index contributed by atoms with van der Waals surface area (Å²) in [4.78, 5) is 30.0. The number of rotatable bonds is 5. The number of carbonyl (C=O) groups excluding carboxylic acids is 2. The average molecular weight is 437 g/mol. The van der Waals surface area contributed by atoms with Gasteiger partial charge in [-0.2, -0.15) is 0 Å². The van der Waals surface area contributed by atoms with Crippen LogP contribution in [-0.4, -0.2) is 53.6 Å². The molecule has 1 aliphatic carbocycles. The Kier molecular flexibility index (Phi) is 5.39. The third-order valence-corrected chi connectivity index (χ3v) is 7.42. The lowest BCUT2D eigenvalue weighted by Gasteiger charge is -2.33. The van der Waals surface area contributed by atoms with E-state index in [1.54, 1.807) is 17.0 Å². The van der Waals surface area contributed by atoms with Crippen LogP contribution in [0, 0.1) is 5.82 Å². The second-order valence-electron chi connectivity index (χ2n) is 9.48. The van der Waals surface area contributed by atoms with E-state index < -0.39 is 11.0 Å². The summed E-state index contributed by atoms with van der Waals surface area (Å²) in [6.07, 6.45) is 4.70. The van der Waals surface area contributed by atoms with Crippen molar-refractivity contribution in [3.8, 4) is 0 Å². The summed E-state index contributed by atoms with van der Waals surface area (Å²) < 4.78 is 19.3. The van der Waals surface area contributed by atoms with Crippen LogP contribution in [0.4, 0.5) is 9.18 Å². The number of likely N-dealkylation sites (tertiary alicyclic amines) is 1. The quantitative estimate of drug-likeness (QED) is 0.702. The maximum Gasteiger partial charge on any atom is 0.410 e. The largest absolute Gasteiger partial charge is 0.439 e. The molecule has 5 rings (SSSR count). The number of amides is 2. The van der Waals surface area contributed by atoms with E-state index >= 15 is 0 Å². The van der Waals surface area contributed by atoms with Crippen molar-refractivity contribution in [1.82, 2.24) is 9.80 Å². The number of hydrogen-bond acceptors (Lipinski definition) is 3. The standard InChI is InChI=1S/C26H29FN2O3/c27-22-10-8-21(9-11-22)26(13-4-5-14-26)23(30)28-17-15-25(18-28)19-29(24(31)32-25)16-12-20-6-2-1-3-7-20/h1-3,6-11H,4-5,12-19H2. The van der Waals surface area contributed by atoms with Crippen molar-refractivity contribution in [2.45, 2.75) is 49.5 Å². The summed E-state index contributed by atoms with van der Waals surface area (Å²) in [7, 11) is 0. The molecule has 2 aromatic rings. The Balaban J connectivity index is 1.27. The zero-order chi connectivity index (χ0) is 22.2. The third-order valence-electron chi connectivity index (χ3n) is 7.42. The van der Waals surface area contributed by atoms with Crippen molar-refractivity contribution >= 4 is 12.0 Å². The van der Waals surface area contributed by atoms with Crippen molar-refractivity contribution in [3.05, 3.63) is 71.5 Å². The van der Waals surface area contributed by atoms with Gasteiger partial charge in [-0.25, -0.2) is 9.18 Å². The average Bonchev–Trinajstić information content (AvgIpc) is 3.53. The first-order valence-electron chi connectivity index (χ1n) is 11.6. The molecule has 3 aliphatic rings. The number of hydrogen-bond donors (Lipinski definition) is 0. The Labute approximate surface area is 188 Å². The molecule has 0 bridgehead atoms. The predicted octanol–water partition coefficient (Wildman–Crippen LogP) is 4.30. The van der Waals surface area contributed by atoms with Crippen molar-refractivity contribution < 1.29 is 18.7 Å². The number of carbonyl (C=O) groups is 2. The Bertz CT molecular complexity index is 988. The van der Waals surface area contributed by atoms with Crippen molar-refractivity contribution in [2.24, 2.45) is 0 Å². The summed E-state index contributed by atoms with van der Waals surface area (Å²) in [6.45, 7) is 2.15. The number of nitrogens with zero attached hydrogens (tertiary/aromatic N) is 2. The highest BCUT2D eigenvalue weighted by Crippen LogP contribution is 2.44. The van der Waals surface area contributed by atoms with Crippen molar-refractivity contribution in [1.29, 1.82) is 0 Å². The van der Waals surface area contributed by atoms with Crippen LogP contribution in [0.1, 0.15) is 43.2 Å². The lowest BCUT2D eigenvalue weighted by Crippen LogP contribution is -2.47. The molecule has 2 heterocycles. The maximum atomic E-state index is 13.7. The van der Waals surface area contributed by atoms with Gasteiger partial charge < -0.3 is 14.5 Å². The van der Waals surface area contributed by atoms with Gasteiger partial charge in [-0.1, -0.05) is 55.3 Å². The van der Waals surface area contributed by atoms with Crippen LogP contribution in [-0.2, 0) is 21.4 Å². The molecule has 1 atom stereocenters. The highest BCUT2D eigenvalue weighted by atomic mass is 19.1. The van der Waals surface area contributed by atoms with E-state index in [0.29, 0.717) is 32.6 Å². The van der Waals surface area contributed by atoms with Gasteiger partial charge in [-0.15, -0.1) is 0 Å². The Morgan fingerprint density at radius 2 is 1.69 bits per heavy atom. The first kappa shape index (κ1) is 21.0. The Hall–Kier alpha value is -2.89. The monoisotopic (exact) mass is 436 g/mol. The van der Waals surface area contributed by atoms with Gasteiger partial charge in [0.05, 0.1) is 18.5 Å². The van der Waals surface area contributed by atoms with E-state index in [-0.39, 0.29) is 17.8 Å². The molecule has 1 unspecified atom stereocenters. The first-order valence-corrected chi connectivity index (χ1v) is 11.6. The molecular formula is C26H29FN2O3. The zero-order valence-electron chi connectivity index (χ0n) is 18.3. The van der Waals surface area contributed by atoms with Gasteiger partial charge in [0.25, 0.3) is 0 Å². The fourth-order valence-electron chi connectivity index (χ4n) is 5.68. The Morgan fingerprint density at radius 1 is 0.969 bits per heavy atom. The normalized spacial score (nSPS) is 24.3. The molecule has 0 N–H and O–H groups in total. The minimum atomic E-state index is -0.619. The van der Waals surface area contributed by atoms with Crippen LogP contribution in [0.5, 0.6) is 0 Å². The second kappa shape index (κ2) is 8.23. The van der Waals surface area contributed by atoms with Gasteiger partial charge in [0.15, 0.2) is 5.60 Å². The fourth-order valence-corrected chi connectivity index (χ4v) is 5.68. The SMILES string of the molecule is O=C1OC2(CCN(C(=O)C3(c4ccc(F)cc4)CCCC3)C2)CN1CCc1ccccc1. The smallest absolute Gasteiger partial charge is 0.410 e. The van der Waals surface area contributed by atoms with Crippen LogP contribution < -0.4 is 0 Å². The highest BCUT2D eigenvalue weighted by Gasteiger charge is 2.53. The summed E-state index contributed by atoms with van der Waals surface area (Å²) in [5.41, 5.74) is 0.878. The van der Waals surface area contributed by atoms with Gasteiger partial charge in [-0.05, 0) is 42.5 Å². The topological polar surface area (TPSA) is 49.9 Å². The van der Waals surface area contributed by atoms with E-state index in [4.69, 9.17) is 4.74 Å². The van der Waals surface area contributed by atoms with Gasteiger partial charge in [-0.3, -0.25) is 4.79 Å². The molecular weight excluding hydrogens is 407 g/mol. The molecule has 5 nitrogen and oxygen atoms in total. The third kappa shape index (κ3) is 3.76.